The zero-order valence-electron chi connectivity index (χ0n) is 14.2. The van der Waals surface area contributed by atoms with Gasteiger partial charge in [0.05, 0.1) is 12.8 Å². The van der Waals surface area contributed by atoms with E-state index in [1.54, 1.807) is 37.6 Å². The Bertz CT molecular complexity index is 746. The van der Waals surface area contributed by atoms with E-state index in [1.807, 2.05) is 4.90 Å². The molecule has 3 rings (SSSR count). The molecule has 0 unspecified atom stereocenters. The van der Waals surface area contributed by atoms with Crippen molar-refractivity contribution in [1.29, 1.82) is 0 Å². The highest BCUT2D eigenvalue weighted by atomic mass is 35.5. The largest absolute Gasteiger partial charge is 0.495 e. The molecule has 0 saturated carbocycles. The van der Waals surface area contributed by atoms with Crippen molar-refractivity contribution in [2.45, 2.75) is 25.7 Å². The summed E-state index contributed by atoms with van der Waals surface area (Å²) in [7, 11) is 1.58. The maximum atomic E-state index is 12.7. The molecule has 2 aromatic rings. The number of halogens is 1. The van der Waals surface area contributed by atoms with Gasteiger partial charge in [-0.05, 0) is 37.1 Å². The molecule has 0 bridgehead atoms. The number of anilines is 2. The van der Waals surface area contributed by atoms with Gasteiger partial charge in [-0.25, -0.2) is 9.97 Å². The third kappa shape index (κ3) is 4.39. The number of nitrogens with one attached hydrogen (secondary N) is 1. The first-order chi connectivity index (χ1) is 12.2. The molecule has 6 nitrogen and oxygen atoms in total. The summed E-state index contributed by atoms with van der Waals surface area (Å²) in [5, 5.41) is 3.64. The van der Waals surface area contributed by atoms with Gasteiger partial charge in [-0.3, -0.25) is 4.79 Å². The van der Waals surface area contributed by atoms with Gasteiger partial charge in [-0.2, -0.15) is 0 Å². The summed E-state index contributed by atoms with van der Waals surface area (Å²) < 4.78 is 5.31. The van der Waals surface area contributed by atoms with E-state index in [1.165, 1.54) is 12.8 Å². The zero-order valence-corrected chi connectivity index (χ0v) is 14.9. The molecule has 1 amide bonds. The maximum Gasteiger partial charge on any atom is 0.272 e. The quantitative estimate of drug-likeness (QED) is 0.895. The van der Waals surface area contributed by atoms with Gasteiger partial charge in [0.25, 0.3) is 5.91 Å². The predicted molar refractivity (Wildman–Crippen MR) is 97.7 cm³/mol. The van der Waals surface area contributed by atoms with E-state index in [0.717, 1.165) is 25.9 Å². The number of aromatic nitrogens is 2. The van der Waals surface area contributed by atoms with E-state index in [2.05, 4.69) is 15.3 Å². The molecule has 0 aliphatic carbocycles. The molecule has 25 heavy (non-hydrogen) atoms. The number of ether oxygens (including phenoxy) is 1. The summed E-state index contributed by atoms with van der Waals surface area (Å²) in [6, 6.07) is 6.88. The van der Waals surface area contributed by atoms with Crippen LogP contribution < -0.4 is 10.1 Å². The topological polar surface area (TPSA) is 67.3 Å². The number of hydrogen-bond acceptors (Lipinski definition) is 5. The number of carbonyl (C=O) groups excluding carboxylic acids is 1. The monoisotopic (exact) mass is 360 g/mol. The first-order valence-corrected chi connectivity index (χ1v) is 8.78. The number of hydrogen-bond donors (Lipinski definition) is 1. The van der Waals surface area contributed by atoms with E-state index in [-0.39, 0.29) is 5.91 Å². The molecular formula is C18H21ClN4O2. The average molecular weight is 361 g/mol. The third-order valence-electron chi connectivity index (χ3n) is 4.18. The standard InChI is InChI=1S/C18H21ClN4O2/c1-25-16-7-6-13(19)12-15(16)22-18-20-9-8-14(21-18)17(24)23-10-4-2-3-5-11-23/h6-9,12H,2-5,10-11H2,1H3,(H,20,21,22). The smallest absolute Gasteiger partial charge is 0.272 e. The molecule has 1 aliphatic heterocycles. The van der Waals surface area contributed by atoms with Crippen molar-refractivity contribution >= 4 is 29.1 Å². The van der Waals surface area contributed by atoms with Gasteiger partial charge in [-0.1, -0.05) is 24.4 Å². The fourth-order valence-electron chi connectivity index (χ4n) is 2.87. The van der Waals surface area contributed by atoms with Crippen molar-refractivity contribution in [2.24, 2.45) is 0 Å². The van der Waals surface area contributed by atoms with Crippen LogP contribution in [0.2, 0.25) is 5.02 Å². The molecule has 1 fully saturated rings. The fourth-order valence-corrected chi connectivity index (χ4v) is 3.04. The lowest BCUT2D eigenvalue weighted by molar-refractivity contribution is 0.0755. The van der Waals surface area contributed by atoms with E-state index >= 15 is 0 Å². The molecule has 2 heterocycles. The highest BCUT2D eigenvalue weighted by molar-refractivity contribution is 6.31. The highest BCUT2D eigenvalue weighted by Gasteiger charge is 2.19. The van der Waals surface area contributed by atoms with Crippen LogP contribution in [0.1, 0.15) is 36.2 Å². The summed E-state index contributed by atoms with van der Waals surface area (Å²) in [5.74, 6) is 0.906. The van der Waals surface area contributed by atoms with Crippen molar-refractivity contribution in [3.8, 4) is 5.75 Å². The minimum Gasteiger partial charge on any atom is -0.495 e. The van der Waals surface area contributed by atoms with Crippen LogP contribution in [0.5, 0.6) is 5.75 Å². The SMILES string of the molecule is COc1ccc(Cl)cc1Nc1nccc(C(=O)N2CCCCCC2)n1. The van der Waals surface area contributed by atoms with Crippen LogP contribution in [0.3, 0.4) is 0 Å². The zero-order chi connectivity index (χ0) is 17.6. The van der Waals surface area contributed by atoms with Gasteiger partial charge in [0, 0.05) is 24.3 Å². The Balaban J connectivity index is 1.79. The highest BCUT2D eigenvalue weighted by Crippen LogP contribution is 2.29. The van der Waals surface area contributed by atoms with Crippen molar-refractivity contribution in [3.05, 3.63) is 41.2 Å². The molecule has 1 N–H and O–H groups in total. The van der Waals surface area contributed by atoms with E-state index in [4.69, 9.17) is 16.3 Å². The van der Waals surface area contributed by atoms with Gasteiger partial charge in [0.2, 0.25) is 5.95 Å². The lowest BCUT2D eigenvalue weighted by Gasteiger charge is -2.20. The lowest BCUT2D eigenvalue weighted by Crippen LogP contribution is -2.32. The van der Waals surface area contributed by atoms with E-state index in [0.29, 0.717) is 28.1 Å². The number of carbonyl (C=O) groups is 1. The molecule has 0 spiro atoms. The molecule has 132 valence electrons. The van der Waals surface area contributed by atoms with Crippen molar-refractivity contribution in [1.82, 2.24) is 14.9 Å². The summed E-state index contributed by atoms with van der Waals surface area (Å²) in [6.45, 7) is 1.57. The van der Waals surface area contributed by atoms with Crippen LogP contribution in [0.15, 0.2) is 30.5 Å². The first kappa shape index (κ1) is 17.5. The summed E-state index contributed by atoms with van der Waals surface area (Å²) in [5.41, 5.74) is 1.04. The van der Waals surface area contributed by atoms with Crippen LogP contribution >= 0.6 is 11.6 Å². The molecule has 1 aromatic carbocycles. The Morgan fingerprint density at radius 3 is 2.68 bits per heavy atom. The molecule has 1 aliphatic rings. The van der Waals surface area contributed by atoms with Crippen molar-refractivity contribution in [3.63, 3.8) is 0 Å². The van der Waals surface area contributed by atoms with Gasteiger partial charge in [0.15, 0.2) is 0 Å². The first-order valence-electron chi connectivity index (χ1n) is 8.40. The average Bonchev–Trinajstić information content (AvgIpc) is 2.91. The Labute approximate surface area is 152 Å². The Kier molecular flexibility index (Phi) is 5.71. The number of rotatable bonds is 4. The second kappa shape index (κ2) is 8.16. The van der Waals surface area contributed by atoms with Crippen LogP contribution in [-0.4, -0.2) is 41.0 Å². The maximum absolute atomic E-state index is 12.7. The van der Waals surface area contributed by atoms with Crippen molar-refractivity contribution in [2.75, 3.05) is 25.5 Å². The van der Waals surface area contributed by atoms with Crippen LogP contribution in [-0.2, 0) is 0 Å². The molecule has 1 saturated heterocycles. The lowest BCUT2D eigenvalue weighted by atomic mass is 10.2. The predicted octanol–water partition coefficient (Wildman–Crippen LogP) is 3.90. The van der Waals surface area contributed by atoms with Crippen molar-refractivity contribution < 1.29 is 9.53 Å². The molecular weight excluding hydrogens is 340 g/mol. The molecule has 0 atom stereocenters. The van der Waals surface area contributed by atoms with Crippen LogP contribution in [0, 0.1) is 0 Å². The normalized spacial score (nSPS) is 14.7. The van der Waals surface area contributed by atoms with Crippen LogP contribution in [0.25, 0.3) is 0 Å². The number of likely N-dealkylation sites (tertiary alicyclic amines) is 1. The second-order valence-electron chi connectivity index (χ2n) is 5.94. The molecule has 0 radical (unpaired) electrons. The Morgan fingerprint density at radius 1 is 1.20 bits per heavy atom. The number of amides is 1. The van der Waals surface area contributed by atoms with E-state index in [9.17, 15) is 4.79 Å². The van der Waals surface area contributed by atoms with Gasteiger partial charge in [0.1, 0.15) is 11.4 Å². The molecule has 1 aromatic heterocycles. The third-order valence-corrected chi connectivity index (χ3v) is 4.41. The number of benzene rings is 1. The second-order valence-corrected chi connectivity index (χ2v) is 6.38. The summed E-state index contributed by atoms with van der Waals surface area (Å²) in [4.78, 5) is 23.1. The minimum atomic E-state index is -0.0505. The minimum absolute atomic E-state index is 0.0505. The molecule has 7 heteroatoms. The summed E-state index contributed by atoms with van der Waals surface area (Å²) >= 11 is 6.04. The van der Waals surface area contributed by atoms with E-state index < -0.39 is 0 Å². The number of nitrogens with zero attached hydrogens (tertiary/aromatic N) is 3. The Hall–Kier alpha value is -2.34. The van der Waals surface area contributed by atoms with Gasteiger partial charge >= 0.3 is 0 Å². The van der Waals surface area contributed by atoms with Gasteiger partial charge < -0.3 is 15.0 Å². The van der Waals surface area contributed by atoms with Gasteiger partial charge in [-0.15, -0.1) is 0 Å². The fraction of sp³-hybridized carbons (Fsp3) is 0.389. The Morgan fingerprint density at radius 2 is 1.96 bits per heavy atom. The van der Waals surface area contributed by atoms with Crippen LogP contribution in [0.4, 0.5) is 11.6 Å². The summed E-state index contributed by atoms with van der Waals surface area (Å²) in [6.07, 6.45) is 6.02. The number of methoxy groups -OCH3 is 1.